The zero-order valence-corrected chi connectivity index (χ0v) is 12.2. The van der Waals surface area contributed by atoms with Gasteiger partial charge in [-0.05, 0) is 44.7 Å². The number of nitrogens with zero attached hydrogens (tertiary/aromatic N) is 1. The molecule has 0 bridgehead atoms. The number of nitrogens with one attached hydrogen (secondary N) is 1. The molecule has 4 nitrogen and oxygen atoms in total. The average Bonchev–Trinajstić information content (AvgIpc) is 2.44. The number of piperidine rings is 1. The van der Waals surface area contributed by atoms with Crippen molar-refractivity contribution in [3.8, 4) is 0 Å². The van der Waals surface area contributed by atoms with E-state index in [1.165, 1.54) is 38.8 Å². The molecular weight excluding hydrogens is 226 g/mol. The van der Waals surface area contributed by atoms with E-state index in [1.807, 2.05) is 0 Å². The molecule has 0 aromatic carbocycles. The molecule has 106 valence electrons. The molecule has 1 unspecified atom stereocenters. The lowest BCUT2D eigenvalue weighted by atomic mass is 9.74. The standard InChI is InChI=1S/C14H29N3O/c1-4-14(5-2)8-10-17(11-9-14)12(3)6-7-13(18)16-15/h12H,4-11,15H2,1-3H3,(H,16,18). The maximum atomic E-state index is 11.1. The highest BCUT2D eigenvalue weighted by atomic mass is 16.2. The Balaban J connectivity index is 2.35. The summed E-state index contributed by atoms with van der Waals surface area (Å²) in [6.07, 6.45) is 6.61. The number of carbonyl (C=O) groups excluding carboxylic acids is 1. The molecule has 0 aromatic rings. The van der Waals surface area contributed by atoms with Crippen LogP contribution in [0.1, 0.15) is 59.3 Å². The second-order valence-corrected chi connectivity index (χ2v) is 5.70. The van der Waals surface area contributed by atoms with E-state index in [1.54, 1.807) is 0 Å². The van der Waals surface area contributed by atoms with Crippen molar-refractivity contribution in [1.82, 2.24) is 10.3 Å². The van der Waals surface area contributed by atoms with Gasteiger partial charge in [-0.1, -0.05) is 26.7 Å². The largest absolute Gasteiger partial charge is 0.301 e. The molecule has 1 aliphatic heterocycles. The summed E-state index contributed by atoms with van der Waals surface area (Å²) in [7, 11) is 0. The van der Waals surface area contributed by atoms with Crippen molar-refractivity contribution >= 4 is 5.91 Å². The molecule has 4 heteroatoms. The third-order valence-corrected chi connectivity index (χ3v) is 4.93. The molecular formula is C14H29N3O. The number of nitrogens with two attached hydrogens (primary N) is 1. The first-order valence-electron chi connectivity index (χ1n) is 7.30. The Kier molecular flexibility index (Phi) is 6.09. The van der Waals surface area contributed by atoms with Gasteiger partial charge < -0.3 is 4.90 Å². The molecule has 1 rings (SSSR count). The monoisotopic (exact) mass is 255 g/mol. The number of carbonyl (C=O) groups is 1. The number of likely N-dealkylation sites (tertiary alicyclic amines) is 1. The van der Waals surface area contributed by atoms with Gasteiger partial charge >= 0.3 is 0 Å². The minimum Gasteiger partial charge on any atom is -0.301 e. The summed E-state index contributed by atoms with van der Waals surface area (Å²) in [6.45, 7) is 9.19. The second-order valence-electron chi connectivity index (χ2n) is 5.70. The van der Waals surface area contributed by atoms with Gasteiger partial charge in [0.25, 0.3) is 0 Å². The molecule has 18 heavy (non-hydrogen) atoms. The first kappa shape index (κ1) is 15.4. The van der Waals surface area contributed by atoms with E-state index in [0.29, 0.717) is 17.9 Å². The van der Waals surface area contributed by atoms with Crippen molar-refractivity contribution in [2.45, 2.75) is 65.3 Å². The van der Waals surface area contributed by atoms with Crippen LogP contribution in [0.3, 0.4) is 0 Å². The first-order chi connectivity index (χ1) is 8.56. The molecule has 1 fully saturated rings. The van der Waals surface area contributed by atoms with E-state index < -0.39 is 0 Å². The summed E-state index contributed by atoms with van der Waals surface area (Å²) < 4.78 is 0. The lowest BCUT2D eigenvalue weighted by Crippen LogP contribution is -2.44. The van der Waals surface area contributed by atoms with Crippen LogP contribution in [-0.4, -0.2) is 29.9 Å². The number of amides is 1. The summed E-state index contributed by atoms with van der Waals surface area (Å²) >= 11 is 0. The predicted molar refractivity (Wildman–Crippen MR) is 74.8 cm³/mol. The SMILES string of the molecule is CCC1(CC)CCN(C(C)CCC(=O)NN)CC1. The molecule has 0 aromatic heterocycles. The molecule has 1 atom stereocenters. The Labute approximate surface area is 111 Å². The summed E-state index contributed by atoms with van der Waals surface area (Å²) in [6, 6.07) is 0.481. The molecule has 0 saturated carbocycles. The van der Waals surface area contributed by atoms with E-state index in [4.69, 9.17) is 5.84 Å². The van der Waals surface area contributed by atoms with Gasteiger partial charge in [0.05, 0.1) is 0 Å². The van der Waals surface area contributed by atoms with E-state index in [-0.39, 0.29) is 5.91 Å². The molecule has 1 aliphatic rings. The highest BCUT2D eigenvalue weighted by molar-refractivity contribution is 5.75. The predicted octanol–water partition coefficient (Wildman–Crippen LogP) is 2.05. The summed E-state index contributed by atoms with van der Waals surface area (Å²) in [5.74, 6) is 5.04. The van der Waals surface area contributed by atoms with Crippen LogP contribution in [0.15, 0.2) is 0 Å². The van der Waals surface area contributed by atoms with Crippen molar-refractivity contribution in [2.24, 2.45) is 11.3 Å². The number of rotatable bonds is 6. The third-order valence-electron chi connectivity index (χ3n) is 4.93. The molecule has 3 N–H and O–H groups in total. The van der Waals surface area contributed by atoms with Gasteiger partial charge in [0.15, 0.2) is 0 Å². The molecule has 1 heterocycles. The van der Waals surface area contributed by atoms with Gasteiger partial charge in [0, 0.05) is 12.5 Å². The zero-order chi connectivity index (χ0) is 13.6. The minimum absolute atomic E-state index is 0.0599. The Bertz CT molecular complexity index is 254. The molecule has 0 radical (unpaired) electrons. The lowest BCUT2D eigenvalue weighted by Gasteiger charge is -2.43. The van der Waals surface area contributed by atoms with Crippen LogP contribution in [0.5, 0.6) is 0 Å². The fraction of sp³-hybridized carbons (Fsp3) is 0.929. The Morgan fingerprint density at radius 1 is 1.33 bits per heavy atom. The van der Waals surface area contributed by atoms with Gasteiger partial charge in [-0.3, -0.25) is 10.2 Å². The summed E-state index contributed by atoms with van der Waals surface area (Å²) in [5.41, 5.74) is 2.77. The fourth-order valence-corrected chi connectivity index (χ4v) is 2.99. The Morgan fingerprint density at radius 3 is 2.33 bits per heavy atom. The highest BCUT2D eigenvalue weighted by Crippen LogP contribution is 2.38. The topological polar surface area (TPSA) is 58.4 Å². The van der Waals surface area contributed by atoms with E-state index >= 15 is 0 Å². The fourth-order valence-electron chi connectivity index (χ4n) is 2.99. The van der Waals surface area contributed by atoms with Crippen LogP contribution in [0.4, 0.5) is 0 Å². The van der Waals surface area contributed by atoms with Crippen LogP contribution in [-0.2, 0) is 4.79 Å². The van der Waals surface area contributed by atoms with Gasteiger partial charge in [-0.25, -0.2) is 5.84 Å². The van der Waals surface area contributed by atoms with Crippen molar-refractivity contribution < 1.29 is 4.79 Å². The van der Waals surface area contributed by atoms with Crippen molar-refractivity contribution in [1.29, 1.82) is 0 Å². The number of hydrogen-bond acceptors (Lipinski definition) is 3. The van der Waals surface area contributed by atoms with Gasteiger partial charge in [0.2, 0.25) is 5.91 Å². The average molecular weight is 255 g/mol. The summed E-state index contributed by atoms with van der Waals surface area (Å²) in [4.78, 5) is 13.7. The van der Waals surface area contributed by atoms with E-state index in [9.17, 15) is 4.79 Å². The van der Waals surface area contributed by atoms with Gasteiger partial charge in [-0.2, -0.15) is 0 Å². The van der Waals surface area contributed by atoms with Crippen LogP contribution in [0.2, 0.25) is 0 Å². The van der Waals surface area contributed by atoms with Crippen LogP contribution < -0.4 is 11.3 Å². The van der Waals surface area contributed by atoms with Crippen molar-refractivity contribution in [3.63, 3.8) is 0 Å². The quantitative estimate of drug-likeness (QED) is 0.434. The Morgan fingerprint density at radius 2 is 1.89 bits per heavy atom. The Hall–Kier alpha value is -0.610. The molecule has 1 amide bonds. The minimum atomic E-state index is -0.0599. The van der Waals surface area contributed by atoms with Crippen LogP contribution in [0, 0.1) is 5.41 Å². The van der Waals surface area contributed by atoms with Crippen molar-refractivity contribution in [3.05, 3.63) is 0 Å². The molecule has 0 aliphatic carbocycles. The maximum absolute atomic E-state index is 11.1. The van der Waals surface area contributed by atoms with E-state index in [2.05, 4.69) is 31.1 Å². The number of hydrogen-bond donors (Lipinski definition) is 2. The van der Waals surface area contributed by atoms with Gasteiger partial charge in [-0.15, -0.1) is 0 Å². The lowest BCUT2D eigenvalue weighted by molar-refractivity contribution is -0.121. The third kappa shape index (κ3) is 3.95. The number of hydrazine groups is 1. The summed E-state index contributed by atoms with van der Waals surface area (Å²) in [5, 5.41) is 0. The second kappa shape index (κ2) is 7.10. The molecule has 1 saturated heterocycles. The first-order valence-corrected chi connectivity index (χ1v) is 7.30. The molecule has 0 spiro atoms. The smallest absolute Gasteiger partial charge is 0.233 e. The zero-order valence-electron chi connectivity index (χ0n) is 12.2. The normalized spacial score (nSPS) is 21.6. The van der Waals surface area contributed by atoms with Crippen LogP contribution >= 0.6 is 0 Å². The van der Waals surface area contributed by atoms with E-state index in [0.717, 1.165) is 6.42 Å². The van der Waals surface area contributed by atoms with Crippen LogP contribution in [0.25, 0.3) is 0 Å². The highest BCUT2D eigenvalue weighted by Gasteiger charge is 2.32. The van der Waals surface area contributed by atoms with Gasteiger partial charge in [0.1, 0.15) is 0 Å². The van der Waals surface area contributed by atoms with Crippen molar-refractivity contribution in [2.75, 3.05) is 13.1 Å². The maximum Gasteiger partial charge on any atom is 0.233 e.